The van der Waals surface area contributed by atoms with E-state index in [2.05, 4.69) is 0 Å². The molecule has 0 fully saturated rings. The normalized spacial score (nSPS) is 10.6. The van der Waals surface area contributed by atoms with Gasteiger partial charge in [-0.3, -0.25) is 4.79 Å². The van der Waals surface area contributed by atoms with E-state index in [0.29, 0.717) is 29.4 Å². The summed E-state index contributed by atoms with van der Waals surface area (Å²) in [6.07, 6.45) is 0.726. The van der Waals surface area contributed by atoms with Gasteiger partial charge in [0.05, 0.1) is 10.0 Å². The molecule has 0 radical (unpaired) electrons. The van der Waals surface area contributed by atoms with E-state index in [4.69, 9.17) is 28.9 Å². The highest BCUT2D eigenvalue weighted by Crippen LogP contribution is 2.23. The second-order valence-corrected chi connectivity index (χ2v) is 5.43. The maximum Gasteiger partial charge on any atom is 0.141 e. The minimum Gasteiger partial charge on any atom is -0.326 e. The molecule has 104 valence electrons. The van der Waals surface area contributed by atoms with Crippen LogP contribution >= 0.6 is 23.2 Å². The van der Waals surface area contributed by atoms with Gasteiger partial charge < -0.3 is 5.73 Å². The Morgan fingerprint density at radius 3 is 2.30 bits per heavy atom. The molecule has 0 aliphatic rings. The second kappa shape index (κ2) is 6.89. The summed E-state index contributed by atoms with van der Waals surface area (Å²) in [5.41, 5.74) is 8.54. The van der Waals surface area contributed by atoms with Crippen molar-refractivity contribution in [1.29, 1.82) is 0 Å². The van der Waals surface area contributed by atoms with Crippen molar-refractivity contribution < 1.29 is 4.79 Å². The van der Waals surface area contributed by atoms with Crippen LogP contribution in [0.2, 0.25) is 10.0 Å². The standard InChI is InChI=1S/C16H15Cl2NO/c17-15-6-5-11(8-16(15)18)7-14(20)9-12-3-1-2-4-13(12)10-19/h1-6,8H,7,9-10,19H2. The van der Waals surface area contributed by atoms with Gasteiger partial charge in [0.2, 0.25) is 0 Å². The quantitative estimate of drug-likeness (QED) is 0.913. The van der Waals surface area contributed by atoms with Crippen LogP contribution in [-0.2, 0) is 24.2 Å². The van der Waals surface area contributed by atoms with Gasteiger partial charge in [0.25, 0.3) is 0 Å². The first-order chi connectivity index (χ1) is 9.60. The van der Waals surface area contributed by atoms with Gasteiger partial charge in [-0.2, -0.15) is 0 Å². The molecule has 0 aliphatic heterocycles. The van der Waals surface area contributed by atoms with Crippen LogP contribution in [0.15, 0.2) is 42.5 Å². The number of hydrogen-bond acceptors (Lipinski definition) is 2. The molecule has 2 aromatic carbocycles. The zero-order valence-corrected chi connectivity index (χ0v) is 12.4. The van der Waals surface area contributed by atoms with E-state index in [1.165, 1.54) is 0 Å². The van der Waals surface area contributed by atoms with Crippen molar-refractivity contribution in [3.05, 3.63) is 69.2 Å². The number of carbonyl (C=O) groups excluding carboxylic acids is 1. The lowest BCUT2D eigenvalue weighted by Crippen LogP contribution is -2.10. The van der Waals surface area contributed by atoms with Crippen LogP contribution < -0.4 is 5.73 Å². The minimum absolute atomic E-state index is 0.129. The van der Waals surface area contributed by atoms with Crippen LogP contribution in [0.5, 0.6) is 0 Å². The predicted octanol–water partition coefficient (Wildman–Crippen LogP) is 3.81. The van der Waals surface area contributed by atoms with Gasteiger partial charge in [-0.25, -0.2) is 0 Å². The Hall–Kier alpha value is -1.35. The van der Waals surface area contributed by atoms with Crippen molar-refractivity contribution in [2.45, 2.75) is 19.4 Å². The van der Waals surface area contributed by atoms with Gasteiger partial charge in [0, 0.05) is 19.4 Å². The maximum atomic E-state index is 12.1. The lowest BCUT2D eigenvalue weighted by atomic mass is 9.99. The van der Waals surface area contributed by atoms with Gasteiger partial charge in [0.1, 0.15) is 5.78 Å². The SMILES string of the molecule is NCc1ccccc1CC(=O)Cc1ccc(Cl)c(Cl)c1. The van der Waals surface area contributed by atoms with Crippen LogP contribution in [0, 0.1) is 0 Å². The molecular weight excluding hydrogens is 293 g/mol. The number of ketones is 1. The van der Waals surface area contributed by atoms with Crippen LogP contribution in [-0.4, -0.2) is 5.78 Å². The number of Topliss-reactive ketones (excluding diaryl/α,β-unsaturated/α-hetero) is 1. The molecule has 0 spiro atoms. The fraction of sp³-hybridized carbons (Fsp3) is 0.188. The summed E-state index contributed by atoms with van der Waals surface area (Å²) in [7, 11) is 0. The van der Waals surface area contributed by atoms with Crippen molar-refractivity contribution in [3.63, 3.8) is 0 Å². The van der Waals surface area contributed by atoms with E-state index in [1.54, 1.807) is 12.1 Å². The predicted molar refractivity (Wildman–Crippen MR) is 83.2 cm³/mol. The molecule has 0 bridgehead atoms. The molecule has 2 nitrogen and oxygen atoms in total. The fourth-order valence-electron chi connectivity index (χ4n) is 2.08. The van der Waals surface area contributed by atoms with Crippen LogP contribution in [0.25, 0.3) is 0 Å². The highest BCUT2D eigenvalue weighted by atomic mass is 35.5. The summed E-state index contributed by atoms with van der Waals surface area (Å²) in [5, 5.41) is 0.968. The van der Waals surface area contributed by atoms with Gasteiger partial charge in [-0.1, -0.05) is 53.5 Å². The molecule has 0 saturated heterocycles. The molecule has 0 amide bonds. The van der Waals surface area contributed by atoms with Crippen LogP contribution in [0.1, 0.15) is 16.7 Å². The third-order valence-electron chi connectivity index (χ3n) is 3.11. The van der Waals surface area contributed by atoms with Crippen LogP contribution in [0.3, 0.4) is 0 Å². The molecular formula is C16H15Cl2NO. The van der Waals surface area contributed by atoms with Crippen LogP contribution in [0.4, 0.5) is 0 Å². The summed E-state index contributed by atoms with van der Waals surface area (Å²) in [6.45, 7) is 0.441. The largest absolute Gasteiger partial charge is 0.326 e. The van der Waals surface area contributed by atoms with Crippen molar-refractivity contribution >= 4 is 29.0 Å². The minimum atomic E-state index is 0.129. The summed E-state index contributed by atoms with van der Waals surface area (Å²) < 4.78 is 0. The zero-order chi connectivity index (χ0) is 14.5. The Bertz CT molecular complexity index is 626. The zero-order valence-electron chi connectivity index (χ0n) is 10.9. The first-order valence-corrected chi connectivity index (χ1v) is 7.08. The second-order valence-electron chi connectivity index (χ2n) is 4.61. The molecule has 2 rings (SSSR count). The fourth-order valence-corrected chi connectivity index (χ4v) is 2.40. The van der Waals surface area contributed by atoms with E-state index in [-0.39, 0.29) is 5.78 Å². The third kappa shape index (κ3) is 3.83. The lowest BCUT2D eigenvalue weighted by molar-refractivity contribution is -0.117. The highest BCUT2D eigenvalue weighted by Gasteiger charge is 2.09. The highest BCUT2D eigenvalue weighted by molar-refractivity contribution is 6.42. The van der Waals surface area contributed by atoms with Crippen molar-refractivity contribution in [3.8, 4) is 0 Å². The van der Waals surface area contributed by atoms with E-state index in [9.17, 15) is 4.79 Å². The van der Waals surface area contributed by atoms with Gasteiger partial charge in [-0.15, -0.1) is 0 Å². The molecule has 0 saturated carbocycles. The topological polar surface area (TPSA) is 43.1 Å². The van der Waals surface area contributed by atoms with Gasteiger partial charge in [0.15, 0.2) is 0 Å². The number of hydrogen-bond donors (Lipinski definition) is 1. The summed E-state index contributed by atoms with van der Waals surface area (Å²) in [4.78, 5) is 12.1. The molecule has 0 aromatic heterocycles. The Morgan fingerprint density at radius 1 is 0.950 bits per heavy atom. The molecule has 2 N–H and O–H groups in total. The Morgan fingerprint density at radius 2 is 1.65 bits per heavy atom. The summed E-state index contributed by atoms with van der Waals surface area (Å²) in [6, 6.07) is 13.0. The first-order valence-electron chi connectivity index (χ1n) is 6.32. The van der Waals surface area contributed by atoms with Crippen molar-refractivity contribution in [1.82, 2.24) is 0 Å². The first kappa shape index (κ1) is 15.0. The third-order valence-corrected chi connectivity index (χ3v) is 3.85. The van der Waals surface area contributed by atoms with E-state index in [1.807, 2.05) is 30.3 Å². The molecule has 0 atom stereocenters. The molecule has 0 aliphatic carbocycles. The lowest BCUT2D eigenvalue weighted by Gasteiger charge is -2.07. The Kier molecular flexibility index (Phi) is 5.18. The van der Waals surface area contributed by atoms with Gasteiger partial charge in [-0.05, 0) is 28.8 Å². The van der Waals surface area contributed by atoms with Gasteiger partial charge >= 0.3 is 0 Å². The van der Waals surface area contributed by atoms with Crippen molar-refractivity contribution in [2.75, 3.05) is 0 Å². The molecule has 0 heterocycles. The molecule has 4 heteroatoms. The van der Waals surface area contributed by atoms with E-state index < -0.39 is 0 Å². The number of benzene rings is 2. The monoisotopic (exact) mass is 307 g/mol. The molecule has 0 unspecified atom stereocenters. The average molecular weight is 308 g/mol. The summed E-state index contributed by atoms with van der Waals surface area (Å²) >= 11 is 11.8. The average Bonchev–Trinajstić information content (AvgIpc) is 2.43. The molecule has 2 aromatic rings. The number of halogens is 2. The Labute approximate surface area is 128 Å². The van der Waals surface area contributed by atoms with E-state index in [0.717, 1.165) is 16.7 Å². The smallest absolute Gasteiger partial charge is 0.141 e. The maximum absolute atomic E-state index is 12.1. The number of carbonyl (C=O) groups is 1. The van der Waals surface area contributed by atoms with E-state index >= 15 is 0 Å². The van der Waals surface area contributed by atoms with Crippen molar-refractivity contribution in [2.24, 2.45) is 5.73 Å². The number of nitrogens with two attached hydrogens (primary N) is 1. The Balaban J connectivity index is 2.07. The molecule has 20 heavy (non-hydrogen) atoms. The summed E-state index contributed by atoms with van der Waals surface area (Å²) in [5.74, 6) is 0.129. The number of rotatable bonds is 5.